The third-order valence-electron chi connectivity index (χ3n) is 5.66. The summed E-state index contributed by atoms with van der Waals surface area (Å²) in [6.45, 7) is 0. The van der Waals surface area contributed by atoms with E-state index in [4.69, 9.17) is 4.42 Å². The van der Waals surface area contributed by atoms with Crippen LogP contribution in [0, 0.1) is 0 Å². The van der Waals surface area contributed by atoms with Gasteiger partial charge in [-0.05, 0) is 46.7 Å². The molecule has 0 saturated heterocycles. The lowest BCUT2D eigenvalue weighted by Gasteiger charge is -2.14. The normalized spacial score (nSPS) is 11.3. The Kier molecular flexibility index (Phi) is 3.82. The monoisotopic (exact) mass is 385 g/mol. The van der Waals surface area contributed by atoms with Crippen LogP contribution in [0.1, 0.15) is 0 Å². The summed E-state index contributed by atoms with van der Waals surface area (Å²) in [6, 6.07) is 37.9. The van der Waals surface area contributed by atoms with Crippen molar-refractivity contribution < 1.29 is 4.42 Å². The van der Waals surface area contributed by atoms with Crippen LogP contribution in [0.3, 0.4) is 0 Å². The highest BCUT2D eigenvalue weighted by atomic mass is 16.3. The van der Waals surface area contributed by atoms with Crippen LogP contribution in [0.25, 0.3) is 43.8 Å². The molecule has 142 valence electrons. The van der Waals surface area contributed by atoms with E-state index in [1.54, 1.807) is 0 Å². The van der Waals surface area contributed by atoms with Gasteiger partial charge in [0.15, 0.2) is 0 Å². The van der Waals surface area contributed by atoms with E-state index in [0.29, 0.717) is 0 Å². The van der Waals surface area contributed by atoms with E-state index in [0.717, 1.165) is 33.3 Å². The van der Waals surface area contributed by atoms with Gasteiger partial charge in [0.05, 0.1) is 0 Å². The molecular weight excluding hydrogens is 366 g/mol. The molecule has 1 aromatic heterocycles. The lowest BCUT2D eigenvalue weighted by Crippen LogP contribution is -1.93. The number of fused-ring (bicyclic) bond motifs is 4. The number of anilines is 2. The van der Waals surface area contributed by atoms with Crippen molar-refractivity contribution in [3.63, 3.8) is 0 Å². The number of benzene rings is 5. The van der Waals surface area contributed by atoms with E-state index in [1.807, 2.05) is 24.3 Å². The van der Waals surface area contributed by atoms with Crippen molar-refractivity contribution in [3.05, 3.63) is 109 Å². The molecule has 0 bridgehead atoms. The zero-order valence-corrected chi connectivity index (χ0v) is 16.3. The van der Waals surface area contributed by atoms with Gasteiger partial charge in [-0.3, -0.25) is 0 Å². The SMILES string of the molecule is c1ccc(-c2cccc3ccccc23)c(Nc2ccc3oc4ccccc4c3c2)c1. The summed E-state index contributed by atoms with van der Waals surface area (Å²) in [5.41, 5.74) is 6.37. The molecule has 0 unspecified atom stereocenters. The Hall–Kier alpha value is -4.04. The van der Waals surface area contributed by atoms with Gasteiger partial charge in [-0.15, -0.1) is 0 Å². The second-order valence-electron chi connectivity index (χ2n) is 7.51. The largest absolute Gasteiger partial charge is 0.456 e. The molecule has 1 N–H and O–H groups in total. The van der Waals surface area contributed by atoms with Gasteiger partial charge < -0.3 is 9.73 Å². The fourth-order valence-corrected chi connectivity index (χ4v) is 4.25. The molecule has 30 heavy (non-hydrogen) atoms. The van der Waals surface area contributed by atoms with Gasteiger partial charge in [0.1, 0.15) is 11.2 Å². The molecule has 0 aliphatic heterocycles. The summed E-state index contributed by atoms with van der Waals surface area (Å²) in [5.74, 6) is 0. The Morgan fingerprint density at radius 1 is 0.500 bits per heavy atom. The highest BCUT2D eigenvalue weighted by Gasteiger charge is 2.10. The molecule has 6 rings (SSSR count). The van der Waals surface area contributed by atoms with Crippen LogP contribution in [0.5, 0.6) is 0 Å². The van der Waals surface area contributed by atoms with Gasteiger partial charge in [0.25, 0.3) is 0 Å². The Bertz CT molecular complexity index is 1520. The van der Waals surface area contributed by atoms with Crippen LogP contribution >= 0.6 is 0 Å². The van der Waals surface area contributed by atoms with E-state index < -0.39 is 0 Å². The van der Waals surface area contributed by atoms with Gasteiger partial charge in [-0.1, -0.05) is 78.9 Å². The molecule has 0 fully saturated rings. The molecule has 0 aliphatic rings. The van der Waals surface area contributed by atoms with Crippen molar-refractivity contribution in [1.82, 2.24) is 0 Å². The number of furan rings is 1. The van der Waals surface area contributed by atoms with Gasteiger partial charge >= 0.3 is 0 Å². The number of hydrogen-bond donors (Lipinski definition) is 1. The summed E-state index contributed by atoms with van der Waals surface area (Å²) in [4.78, 5) is 0. The van der Waals surface area contributed by atoms with Crippen LogP contribution in [0.4, 0.5) is 11.4 Å². The Morgan fingerprint density at radius 2 is 1.20 bits per heavy atom. The lowest BCUT2D eigenvalue weighted by molar-refractivity contribution is 0.669. The standard InChI is InChI=1S/C28H19NO/c1-2-10-21-19(8-1)9-7-13-22(21)23-11-3-5-14-26(23)29-20-16-17-28-25(18-20)24-12-4-6-15-27(24)30-28/h1-18,29H. The molecule has 2 heteroatoms. The molecule has 2 nitrogen and oxygen atoms in total. The van der Waals surface area contributed by atoms with Gasteiger partial charge in [0.2, 0.25) is 0 Å². The minimum atomic E-state index is 0.907. The minimum Gasteiger partial charge on any atom is -0.456 e. The topological polar surface area (TPSA) is 25.2 Å². The zero-order valence-electron chi connectivity index (χ0n) is 16.3. The summed E-state index contributed by atoms with van der Waals surface area (Å²) in [7, 11) is 0. The van der Waals surface area contributed by atoms with E-state index in [9.17, 15) is 0 Å². The third kappa shape index (κ3) is 2.73. The molecule has 1 heterocycles. The van der Waals surface area contributed by atoms with E-state index in [2.05, 4.69) is 90.2 Å². The van der Waals surface area contributed by atoms with Crippen LogP contribution in [0.2, 0.25) is 0 Å². The van der Waals surface area contributed by atoms with Gasteiger partial charge in [-0.25, -0.2) is 0 Å². The van der Waals surface area contributed by atoms with E-state index >= 15 is 0 Å². The second-order valence-corrected chi connectivity index (χ2v) is 7.51. The Balaban J connectivity index is 1.47. The Labute approximate surface area is 174 Å². The first kappa shape index (κ1) is 16.9. The van der Waals surface area contributed by atoms with Crippen LogP contribution in [0.15, 0.2) is 114 Å². The quantitative estimate of drug-likeness (QED) is 0.332. The van der Waals surface area contributed by atoms with Gasteiger partial charge in [-0.2, -0.15) is 0 Å². The van der Waals surface area contributed by atoms with Crippen LogP contribution < -0.4 is 5.32 Å². The maximum atomic E-state index is 5.97. The summed E-state index contributed by atoms with van der Waals surface area (Å²) < 4.78 is 5.97. The average Bonchev–Trinajstić information content (AvgIpc) is 3.17. The van der Waals surface area contributed by atoms with E-state index in [-0.39, 0.29) is 0 Å². The van der Waals surface area contributed by atoms with Crippen molar-refractivity contribution in [1.29, 1.82) is 0 Å². The maximum Gasteiger partial charge on any atom is 0.135 e. The smallest absolute Gasteiger partial charge is 0.135 e. The van der Waals surface area contributed by atoms with Crippen molar-refractivity contribution >= 4 is 44.1 Å². The number of nitrogens with one attached hydrogen (secondary N) is 1. The summed E-state index contributed by atoms with van der Waals surface area (Å²) in [5, 5.41) is 8.40. The fraction of sp³-hybridized carbons (Fsp3) is 0. The molecule has 0 amide bonds. The predicted molar refractivity (Wildman–Crippen MR) is 126 cm³/mol. The maximum absolute atomic E-state index is 5.97. The predicted octanol–water partition coefficient (Wildman–Crippen LogP) is 8.15. The first-order valence-electron chi connectivity index (χ1n) is 10.1. The highest BCUT2D eigenvalue weighted by Crippen LogP contribution is 2.36. The molecule has 6 aromatic rings. The van der Waals surface area contributed by atoms with Crippen LogP contribution in [-0.4, -0.2) is 0 Å². The summed E-state index contributed by atoms with van der Waals surface area (Å²) in [6.07, 6.45) is 0. The lowest BCUT2D eigenvalue weighted by atomic mass is 9.97. The first-order valence-corrected chi connectivity index (χ1v) is 10.1. The zero-order chi connectivity index (χ0) is 19.9. The van der Waals surface area contributed by atoms with Crippen LogP contribution in [-0.2, 0) is 0 Å². The minimum absolute atomic E-state index is 0.907. The van der Waals surface area contributed by atoms with Crippen molar-refractivity contribution in [2.24, 2.45) is 0 Å². The second kappa shape index (κ2) is 6.78. The molecule has 0 aliphatic carbocycles. The molecule has 0 spiro atoms. The van der Waals surface area contributed by atoms with Crippen molar-refractivity contribution in [2.75, 3.05) is 5.32 Å². The molecule has 0 radical (unpaired) electrons. The Morgan fingerprint density at radius 3 is 2.17 bits per heavy atom. The molecule has 0 saturated carbocycles. The highest BCUT2D eigenvalue weighted by molar-refractivity contribution is 6.06. The van der Waals surface area contributed by atoms with E-state index in [1.165, 1.54) is 21.9 Å². The number of rotatable bonds is 3. The van der Waals surface area contributed by atoms with Crippen molar-refractivity contribution in [3.8, 4) is 11.1 Å². The number of hydrogen-bond acceptors (Lipinski definition) is 2. The molecule has 5 aromatic carbocycles. The fourth-order valence-electron chi connectivity index (χ4n) is 4.25. The van der Waals surface area contributed by atoms with Gasteiger partial charge in [0, 0.05) is 27.7 Å². The van der Waals surface area contributed by atoms with Crippen molar-refractivity contribution in [2.45, 2.75) is 0 Å². The molecular formula is C28H19NO. The average molecular weight is 385 g/mol. The first-order chi connectivity index (χ1) is 14.9. The third-order valence-corrected chi connectivity index (χ3v) is 5.66. The summed E-state index contributed by atoms with van der Waals surface area (Å²) >= 11 is 0. The number of para-hydroxylation sites is 2. The molecule has 0 atom stereocenters.